The summed E-state index contributed by atoms with van der Waals surface area (Å²) in [5, 5.41) is 2.74. The van der Waals surface area contributed by atoms with Gasteiger partial charge in [-0.05, 0) is 17.7 Å². The molecule has 5 nitrogen and oxygen atoms in total. The van der Waals surface area contributed by atoms with Crippen LogP contribution in [0.15, 0.2) is 27.4 Å². The summed E-state index contributed by atoms with van der Waals surface area (Å²) >= 11 is 2.84. The van der Waals surface area contributed by atoms with Crippen LogP contribution in [0.3, 0.4) is 0 Å². The number of aromatic nitrogens is 1. The molecule has 1 heterocycles. The molecular weight excluding hydrogens is 312 g/mol. The quantitative estimate of drug-likeness (QED) is 0.696. The zero-order chi connectivity index (χ0) is 14.2. The van der Waals surface area contributed by atoms with E-state index in [4.69, 9.17) is 4.42 Å². The number of nitrogens with one attached hydrogen (secondary N) is 1. The molecule has 19 heavy (non-hydrogen) atoms. The second-order valence-corrected chi connectivity index (χ2v) is 5.84. The van der Waals surface area contributed by atoms with Crippen LogP contribution in [0.1, 0.15) is 19.4 Å². The molecule has 1 amide bonds. The molecule has 0 atom stereocenters. The lowest BCUT2D eigenvalue weighted by Crippen LogP contribution is -2.34. The van der Waals surface area contributed by atoms with E-state index in [0.29, 0.717) is 12.1 Å². The topological polar surface area (TPSA) is 64.2 Å². The highest BCUT2D eigenvalue weighted by Crippen LogP contribution is 2.25. The standard InChI is InChI=1S/C13H15BrN2O3/c1-13(2,7-15-11(14)17)8-4-5-10-9(6-8)16(3)12(18)19-10/h4-6H,7H2,1-3H3,(H,15,17). The van der Waals surface area contributed by atoms with Crippen molar-refractivity contribution >= 4 is 31.8 Å². The number of benzene rings is 1. The molecule has 0 aliphatic rings. The summed E-state index contributed by atoms with van der Waals surface area (Å²) in [6.45, 7) is 4.54. The molecule has 1 aromatic heterocycles. The Bertz CT molecular complexity index is 685. The van der Waals surface area contributed by atoms with Gasteiger partial charge in [0.05, 0.1) is 5.52 Å². The Labute approximate surface area is 118 Å². The number of oxazole rings is 1. The fourth-order valence-electron chi connectivity index (χ4n) is 1.94. The van der Waals surface area contributed by atoms with Crippen LogP contribution in [-0.2, 0) is 12.5 Å². The first kappa shape index (κ1) is 13.9. The first-order valence-corrected chi connectivity index (χ1v) is 6.64. The Morgan fingerprint density at radius 3 is 2.79 bits per heavy atom. The van der Waals surface area contributed by atoms with Crippen molar-refractivity contribution in [3.05, 3.63) is 34.3 Å². The predicted molar refractivity (Wildman–Crippen MR) is 76.8 cm³/mol. The van der Waals surface area contributed by atoms with E-state index in [1.54, 1.807) is 13.1 Å². The average Bonchev–Trinajstić information content (AvgIpc) is 2.63. The van der Waals surface area contributed by atoms with Crippen LogP contribution in [0.4, 0.5) is 4.79 Å². The smallest absolute Gasteiger partial charge is 0.408 e. The fraction of sp³-hybridized carbons (Fsp3) is 0.385. The molecular formula is C13H15BrN2O3. The molecule has 0 spiro atoms. The van der Waals surface area contributed by atoms with Crippen molar-refractivity contribution in [1.29, 1.82) is 0 Å². The molecule has 1 N–H and O–H groups in total. The van der Waals surface area contributed by atoms with Gasteiger partial charge in [0.2, 0.25) is 0 Å². The van der Waals surface area contributed by atoms with Gasteiger partial charge in [0.15, 0.2) is 5.58 Å². The summed E-state index contributed by atoms with van der Waals surface area (Å²) in [5.74, 6) is -0.376. The van der Waals surface area contributed by atoms with Crippen molar-refractivity contribution < 1.29 is 9.21 Å². The zero-order valence-corrected chi connectivity index (χ0v) is 12.6. The molecule has 0 saturated carbocycles. The lowest BCUT2D eigenvalue weighted by Gasteiger charge is -2.25. The first-order valence-electron chi connectivity index (χ1n) is 5.85. The van der Waals surface area contributed by atoms with E-state index in [2.05, 4.69) is 21.2 Å². The number of amides is 1. The molecule has 2 aromatic rings. The number of nitrogens with zero attached hydrogens (tertiary/aromatic N) is 1. The maximum absolute atomic E-state index is 11.4. The lowest BCUT2D eigenvalue weighted by molar-refractivity contribution is 0.259. The molecule has 6 heteroatoms. The van der Waals surface area contributed by atoms with Gasteiger partial charge >= 0.3 is 5.76 Å². The van der Waals surface area contributed by atoms with Crippen LogP contribution in [0.5, 0.6) is 0 Å². The van der Waals surface area contributed by atoms with Crippen molar-refractivity contribution in [2.75, 3.05) is 6.54 Å². The van der Waals surface area contributed by atoms with E-state index in [0.717, 1.165) is 11.1 Å². The average molecular weight is 327 g/mol. The van der Waals surface area contributed by atoms with Gasteiger partial charge in [-0.25, -0.2) is 4.79 Å². The Hall–Kier alpha value is -1.56. The van der Waals surface area contributed by atoms with E-state index >= 15 is 0 Å². The van der Waals surface area contributed by atoms with Crippen molar-refractivity contribution in [2.45, 2.75) is 19.3 Å². The van der Waals surface area contributed by atoms with E-state index in [-0.39, 0.29) is 16.0 Å². The highest BCUT2D eigenvalue weighted by atomic mass is 79.9. The SMILES string of the molecule is Cn1c(=O)oc2ccc(C(C)(C)CNC(=O)Br)cc21. The predicted octanol–water partition coefficient (Wildman–Crippen LogP) is 2.51. The Balaban J connectivity index is 2.42. The van der Waals surface area contributed by atoms with Gasteiger partial charge in [0.1, 0.15) is 0 Å². The number of aryl methyl sites for hydroxylation is 1. The highest BCUT2D eigenvalue weighted by Gasteiger charge is 2.22. The number of halogens is 1. The second-order valence-electron chi connectivity index (χ2n) is 5.12. The van der Waals surface area contributed by atoms with Crippen LogP contribution < -0.4 is 11.1 Å². The molecule has 1 aromatic carbocycles. The molecule has 2 rings (SSSR count). The largest absolute Gasteiger partial charge is 0.419 e. The normalized spacial score (nSPS) is 11.8. The molecule has 0 aliphatic carbocycles. The minimum Gasteiger partial charge on any atom is -0.408 e. The van der Waals surface area contributed by atoms with Gasteiger partial charge in [0, 0.05) is 34.9 Å². The summed E-state index contributed by atoms with van der Waals surface area (Å²) in [6, 6.07) is 5.61. The minimum atomic E-state index is -0.376. The maximum Gasteiger partial charge on any atom is 0.419 e. The van der Waals surface area contributed by atoms with Crippen LogP contribution in [0, 0.1) is 0 Å². The van der Waals surface area contributed by atoms with Gasteiger partial charge in [-0.3, -0.25) is 9.36 Å². The third kappa shape index (κ3) is 2.73. The third-order valence-corrected chi connectivity index (χ3v) is 3.52. The lowest BCUT2D eigenvalue weighted by atomic mass is 9.84. The number of carbonyl (C=O) groups excluding carboxylic acids is 1. The fourth-order valence-corrected chi connectivity index (χ4v) is 2.08. The second kappa shape index (κ2) is 4.85. The Morgan fingerprint density at radius 1 is 1.47 bits per heavy atom. The number of carbonyl (C=O) groups is 1. The van der Waals surface area contributed by atoms with Crippen LogP contribution >= 0.6 is 15.9 Å². The maximum atomic E-state index is 11.4. The zero-order valence-electron chi connectivity index (χ0n) is 11.0. The number of fused-ring (bicyclic) bond motifs is 1. The Kier molecular flexibility index (Phi) is 3.54. The molecule has 0 bridgehead atoms. The van der Waals surface area contributed by atoms with Crippen molar-refractivity contribution in [2.24, 2.45) is 7.05 Å². The van der Waals surface area contributed by atoms with Crippen LogP contribution in [0.25, 0.3) is 11.1 Å². The number of rotatable bonds is 3. The van der Waals surface area contributed by atoms with Gasteiger partial charge in [-0.2, -0.15) is 0 Å². The summed E-state index contributed by atoms with van der Waals surface area (Å²) in [6.07, 6.45) is 0. The van der Waals surface area contributed by atoms with Gasteiger partial charge in [-0.1, -0.05) is 19.9 Å². The van der Waals surface area contributed by atoms with Gasteiger partial charge in [0.25, 0.3) is 4.82 Å². The summed E-state index contributed by atoms with van der Waals surface area (Å²) < 4.78 is 6.56. The van der Waals surface area contributed by atoms with Gasteiger partial charge in [-0.15, -0.1) is 0 Å². The highest BCUT2D eigenvalue weighted by molar-refractivity contribution is 9.18. The molecule has 0 aliphatic heterocycles. The third-order valence-electron chi connectivity index (χ3n) is 3.24. The Morgan fingerprint density at radius 2 is 2.16 bits per heavy atom. The molecule has 102 valence electrons. The summed E-state index contributed by atoms with van der Waals surface area (Å²) in [7, 11) is 1.67. The van der Waals surface area contributed by atoms with E-state index in [1.165, 1.54) is 4.57 Å². The first-order chi connectivity index (χ1) is 8.81. The van der Waals surface area contributed by atoms with Crippen LogP contribution in [0.2, 0.25) is 0 Å². The monoisotopic (exact) mass is 326 g/mol. The van der Waals surface area contributed by atoms with Gasteiger partial charge < -0.3 is 9.73 Å². The van der Waals surface area contributed by atoms with Crippen molar-refractivity contribution in [1.82, 2.24) is 9.88 Å². The van der Waals surface area contributed by atoms with Crippen molar-refractivity contribution in [3.8, 4) is 0 Å². The summed E-state index contributed by atoms with van der Waals surface area (Å²) in [4.78, 5) is 22.1. The number of hydrogen-bond acceptors (Lipinski definition) is 3. The van der Waals surface area contributed by atoms with E-state index in [1.807, 2.05) is 26.0 Å². The van der Waals surface area contributed by atoms with Crippen molar-refractivity contribution in [3.63, 3.8) is 0 Å². The van der Waals surface area contributed by atoms with Crippen LogP contribution in [-0.4, -0.2) is 15.9 Å². The van der Waals surface area contributed by atoms with E-state index in [9.17, 15) is 9.59 Å². The molecule has 0 radical (unpaired) electrons. The molecule has 0 fully saturated rings. The van der Waals surface area contributed by atoms with E-state index < -0.39 is 0 Å². The summed E-state index contributed by atoms with van der Waals surface area (Å²) in [5.41, 5.74) is 2.10. The minimum absolute atomic E-state index is 0.239. The molecule has 0 unspecified atom stereocenters. The number of hydrogen-bond donors (Lipinski definition) is 1. The molecule has 0 saturated heterocycles.